The Kier molecular flexibility index (Phi) is 4.65. The van der Waals surface area contributed by atoms with Gasteiger partial charge in [-0.25, -0.2) is 9.88 Å². The van der Waals surface area contributed by atoms with Crippen LogP contribution in [-0.4, -0.2) is 20.7 Å². The molecule has 1 saturated heterocycles. The second kappa shape index (κ2) is 7.13. The van der Waals surface area contributed by atoms with Crippen LogP contribution in [0.1, 0.15) is 22.5 Å². The van der Waals surface area contributed by atoms with Crippen molar-refractivity contribution in [2.45, 2.75) is 20.8 Å². The molecular weight excluding hydrogens is 370 g/mol. The molecule has 3 heterocycles. The first-order valence-electron chi connectivity index (χ1n) is 8.90. The molecule has 5 nitrogen and oxygen atoms in total. The molecule has 0 spiro atoms. The Labute approximate surface area is 167 Å². The third-order valence-corrected chi connectivity index (χ3v) is 5.56. The van der Waals surface area contributed by atoms with E-state index in [0.29, 0.717) is 10.6 Å². The third kappa shape index (κ3) is 3.16. The van der Waals surface area contributed by atoms with Crippen LogP contribution >= 0.6 is 11.8 Å². The van der Waals surface area contributed by atoms with Crippen LogP contribution in [0.25, 0.3) is 11.9 Å². The predicted molar refractivity (Wildman–Crippen MR) is 113 cm³/mol. The highest BCUT2D eigenvalue weighted by Crippen LogP contribution is 2.36. The predicted octanol–water partition coefficient (Wildman–Crippen LogP) is 5.04. The lowest BCUT2D eigenvalue weighted by Crippen LogP contribution is -2.27. The molecule has 0 N–H and O–H groups in total. The van der Waals surface area contributed by atoms with Crippen LogP contribution in [-0.2, 0) is 4.79 Å². The van der Waals surface area contributed by atoms with Crippen molar-refractivity contribution < 1.29 is 9.59 Å². The number of pyridine rings is 1. The minimum atomic E-state index is -0.292. The highest BCUT2D eigenvalue weighted by molar-refractivity contribution is 8.19. The number of benzene rings is 1. The van der Waals surface area contributed by atoms with E-state index >= 15 is 0 Å². The van der Waals surface area contributed by atoms with Gasteiger partial charge in [0, 0.05) is 17.6 Å². The van der Waals surface area contributed by atoms with Crippen LogP contribution in [0.4, 0.5) is 10.5 Å². The maximum atomic E-state index is 12.8. The summed E-state index contributed by atoms with van der Waals surface area (Å²) in [5, 5.41) is -0.281. The number of amides is 2. The summed E-state index contributed by atoms with van der Waals surface area (Å²) >= 11 is 0.967. The molecule has 0 bridgehead atoms. The minimum absolute atomic E-state index is 0.281. The van der Waals surface area contributed by atoms with Gasteiger partial charge in [-0.1, -0.05) is 24.3 Å². The van der Waals surface area contributed by atoms with E-state index in [0.717, 1.165) is 40.1 Å². The van der Waals surface area contributed by atoms with E-state index in [1.807, 2.05) is 67.9 Å². The van der Waals surface area contributed by atoms with Crippen molar-refractivity contribution >= 4 is 34.7 Å². The molecule has 28 heavy (non-hydrogen) atoms. The van der Waals surface area contributed by atoms with E-state index < -0.39 is 0 Å². The van der Waals surface area contributed by atoms with Gasteiger partial charge >= 0.3 is 0 Å². The molecule has 0 radical (unpaired) electrons. The number of anilines is 1. The first kappa shape index (κ1) is 18.3. The average Bonchev–Trinajstić information content (AvgIpc) is 3.12. The summed E-state index contributed by atoms with van der Waals surface area (Å²) in [4.78, 5) is 31.4. The molecule has 140 valence electrons. The van der Waals surface area contributed by atoms with E-state index in [1.54, 1.807) is 18.2 Å². The number of thioether (sulfide) groups is 1. The number of carbonyl (C=O) groups excluding carboxylic acids is 2. The smallest absolute Gasteiger partial charge is 0.298 e. The van der Waals surface area contributed by atoms with E-state index in [2.05, 4.69) is 4.98 Å². The number of rotatable bonds is 3. The van der Waals surface area contributed by atoms with E-state index in [1.165, 1.54) is 4.90 Å². The lowest BCUT2D eigenvalue weighted by molar-refractivity contribution is -0.113. The lowest BCUT2D eigenvalue weighted by Gasteiger charge is -2.11. The Balaban J connectivity index is 1.70. The Hall–Kier alpha value is -3.12. The van der Waals surface area contributed by atoms with Gasteiger partial charge < -0.3 is 4.57 Å². The highest BCUT2D eigenvalue weighted by atomic mass is 32.2. The summed E-state index contributed by atoms with van der Waals surface area (Å²) in [5.41, 5.74) is 4.57. The molecule has 0 aliphatic carbocycles. The lowest BCUT2D eigenvalue weighted by atomic mass is 10.2. The zero-order valence-electron chi connectivity index (χ0n) is 15.8. The van der Waals surface area contributed by atoms with Crippen molar-refractivity contribution in [2.75, 3.05) is 4.90 Å². The molecule has 3 aromatic rings. The van der Waals surface area contributed by atoms with Crippen LogP contribution < -0.4 is 4.90 Å². The van der Waals surface area contributed by atoms with Crippen LogP contribution in [0.15, 0.2) is 59.6 Å². The summed E-state index contributed by atoms with van der Waals surface area (Å²) in [6.45, 7) is 5.99. The number of hydrogen-bond acceptors (Lipinski definition) is 4. The summed E-state index contributed by atoms with van der Waals surface area (Å²) in [6, 6.07) is 15.0. The molecule has 2 aromatic heterocycles. The second-order valence-electron chi connectivity index (χ2n) is 6.71. The van der Waals surface area contributed by atoms with Gasteiger partial charge in [0.05, 0.1) is 10.6 Å². The van der Waals surface area contributed by atoms with Crippen molar-refractivity contribution in [1.82, 2.24) is 9.55 Å². The van der Waals surface area contributed by atoms with Crippen molar-refractivity contribution in [1.29, 1.82) is 0 Å². The minimum Gasteiger partial charge on any atom is -0.303 e. The fourth-order valence-electron chi connectivity index (χ4n) is 3.29. The Morgan fingerprint density at radius 3 is 2.43 bits per heavy atom. The molecule has 1 fully saturated rings. The number of nitrogens with zero attached hydrogens (tertiary/aromatic N) is 3. The highest BCUT2D eigenvalue weighted by Gasteiger charge is 2.36. The monoisotopic (exact) mass is 389 g/mol. The van der Waals surface area contributed by atoms with E-state index in [4.69, 9.17) is 0 Å². The van der Waals surface area contributed by atoms with Crippen molar-refractivity contribution in [3.63, 3.8) is 0 Å². The molecule has 1 aromatic carbocycles. The fourth-order valence-corrected chi connectivity index (χ4v) is 4.12. The maximum Gasteiger partial charge on any atom is 0.298 e. The standard InChI is InChI=1S/C22H19N3O2S/c1-14-9-10-20(23-13-14)24-15(2)11-17(16(24)3)12-19-21(26)25(22(27)28-19)18-7-5-4-6-8-18/h4-13H,1-3H3. The van der Waals surface area contributed by atoms with Gasteiger partial charge in [-0.3, -0.25) is 9.59 Å². The number of para-hydroxylation sites is 1. The van der Waals surface area contributed by atoms with E-state index in [-0.39, 0.29) is 11.1 Å². The van der Waals surface area contributed by atoms with Crippen molar-refractivity contribution in [2.24, 2.45) is 0 Å². The number of hydrogen-bond donors (Lipinski definition) is 0. The molecular formula is C22H19N3O2S. The fraction of sp³-hybridized carbons (Fsp3) is 0.136. The summed E-state index contributed by atoms with van der Waals surface area (Å²) in [6.07, 6.45) is 3.62. The van der Waals surface area contributed by atoms with Crippen molar-refractivity contribution in [3.05, 3.63) is 82.1 Å². The Morgan fingerprint density at radius 2 is 1.75 bits per heavy atom. The Bertz CT molecular complexity index is 1100. The van der Waals surface area contributed by atoms with Gasteiger partial charge in [-0.05, 0) is 74.0 Å². The van der Waals surface area contributed by atoms with Crippen LogP contribution in [0, 0.1) is 20.8 Å². The van der Waals surface area contributed by atoms with Gasteiger partial charge in [-0.15, -0.1) is 0 Å². The molecule has 1 aliphatic rings. The van der Waals surface area contributed by atoms with Crippen LogP contribution in [0.3, 0.4) is 0 Å². The van der Waals surface area contributed by atoms with Gasteiger partial charge in [0.25, 0.3) is 11.1 Å². The number of aromatic nitrogens is 2. The average molecular weight is 389 g/mol. The van der Waals surface area contributed by atoms with Gasteiger partial charge in [-0.2, -0.15) is 0 Å². The van der Waals surface area contributed by atoms with Gasteiger partial charge in [0.15, 0.2) is 0 Å². The van der Waals surface area contributed by atoms with Crippen LogP contribution in [0.2, 0.25) is 0 Å². The van der Waals surface area contributed by atoms with Gasteiger partial charge in [0.1, 0.15) is 5.82 Å². The second-order valence-corrected chi connectivity index (χ2v) is 7.70. The number of aryl methyl sites for hydroxylation is 2. The zero-order chi connectivity index (χ0) is 19.8. The third-order valence-electron chi connectivity index (χ3n) is 4.69. The summed E-state index contributed by atoms with van der Waals surface area (Å²) in [5.74, 6) is 0.539. The maximum absolute atomic E-state index is 12.8. The van der Waals surface area contributed by atoms with Crippen LogP contribution in [0.5, 0.6) is 0 Å². The molecule has 0 saturated carbocycles. The number of imide groups is 1. The Morgan fingerprint density at radius 1 is 1.00 bits per heavy atom. The van der Waals surface area contributed by atoms with E-state index in [9.17, 15) is 9.59 Å². The van der Waals surface area contributed by atoms with Gasteiger partial charge in [0.2, 0.25) is 0 Å². The molecule has 0 unspecified atom stereocenters. The van der Waals surface area contributed by atoms with Crippen molar-refractivity contribution in [3.8, 4) is 5.82 Å². The molecule has 1 aliphatic heterocycles. The quantitative estimate of drug-likeness (QED) is 0.589. The zero-order valence-corrected chi connectivity index (χ0v) is 16.7. The number of carbonyl (C=O) groups is 2. The first-order valence-corrected chi connectivity index (χ1v) is 9.72. The molecule has 6 heteroatoms. The summed E-state index contributed by atoms with van der Waals surface area (Å²) < 4.78 is 2.05. The normalized spacial score (nSPS) is 15.7. The molecule has 4 rings (SSSR count). The largest absolute Gasteiger partial charge is 0.303 e. The molecule has 2 amide bonds. The topological polar surface area (TPSA) is 55.2 Å². The first-order chi connectivity index (χ1) is 13.5. The summed E-state index contributed by atoms with van der Waals surface area (Å²) in [7, 11) is 0. The molecule has 0 atom stereocenters. The SMILES string of the molecule is Cc1ccc(-n2c(C)cc(C=C3SC(=O)N(c4ccccc4)C3=O)c2C)nc1.